The van der Waals surface area contributed by atoms with E-state index in [0.717, 1.165) is 29.0 Å². The smallest absolute Gasteiger partial charge is 0.262 e. The van der Waals surface area contributed by atoms with Crippen molar-refractivity contribution in [2.24, 2.45) is 0 Å². The van der Waals surface area contributed by atoms with Gasteiger partial charge in [-0.05, 0) is 30.9 Å². The van der Waals surface area contributed by atoms with Crippen LogP contribution in [0.25, 0.3) is 0 Å². The molecule has 0 aliphatic heterocycles. The SMILES string of the molecule is CCCCCCCCCCCCCCOc1c(OCC(=O)Nc2ccccc2C[n+]2csc(C)c2)cccc1C(C)(C)C.[Br-]. The lowest BCUT2D eigenvalue weighted by atomic mass is 9.86. The molecule has 5 nitrogen and oxygen atoms in total. The molecule has 3 rings (SSSR count). The first-order valence-electron chi connectivity index (χ1n) is 16.5. The predicted molar refractivity (Wildman–Crippen MR) is 181 cm³/mol. The summed E-state index contributed by atoms with van der Waals surface area (Å²) in [6.07, 6.45) is 17.9. The minimum absolute atomic E-state index is 0. The molecule has 0 aliphatic rings. The topological polar surface area (TPSA) is 51.4 Å². The number of ether oxygens (including phenoxy) is 2. The van der Waals surface area contributed by atoms with Gasteiger partial charge in [-0.1, -0.05) is 140 Å². The largest absolute Gasteiger partial charge is 1.00 e. The van der Waals surface area contributed by atoms with Crippen molar-refractivity contribution in [2.45, 2.75) is 124 Å². The lowest BCUT2D eigenvalue weighted by molar-refractivity contribution is -0.683. The van der Waals surface area contributed by atoms with Crippen molar-refractivity contribution in [3.63, 3.8) is 0 Å². The van der Waals surface area contributed by atoms with E-state index in [2.05, 4.69) is 62.3 Å². The van der Waals surface area contributed by atoms with Gasteiger partial charge in [0.1, 0.15) is 0 Å². The number of hydrogen-bond donors (Lipinski definition) is 1. The summed E-state index contributed by atoms with van der Waals surface area (Å²) in [5.41, 5.74) is 4.94. The van der Waals surface area contributed by atoms with Gasteiger partial charge in [-0.25, -0.2) is 0 Å². The van der Waals surface area contributed by atoms with Crippen molar-refractivity contribution < 1.29 is 35.8 Å². The summed E-state index contributed by atoms with van der Waals surface area (Å²) >= 11 is 1.71. The first-order chi connectivity index (χ1) is 20.8. The van der Waals surface area contributed by atoms with E-state index >= 15 is 0 Å². The van der Waals surface area contributed by atoms with Gasteiger partial charge in [-0.2, -0.15) is 4.57 Å². The molecule has 2 aromatic carbocycles. The number of nitrogens with one attached hydrogen (secondary N) is 1. The monoisotopic (exact) mass is 686 g/mol. The Hall–Kier alpha value is -2.38. The molecule has 7 heteroatoms. The zero-order chi connectivity index (χ0) is 30.9. The van der Waals surface area contributed by atoms with Gasteiger partial charge in [-0.15, -0.1) is 0 Å². The van der Waals surface area contributed by atoms with Crippen molar-refractivity contribution in [3.8, 4) is 11.5 Å². The lowest BCUT2D eigenvalue weighted by Crippen LogP contribution is -3.00. The fraction of sp³-hybridized carbons (Fsp3) is 0.568. The number of hydrogen-bond acceptors (Lipinski definition) is 4. The van der Waals surface area contributed by atoms with E-state index in [1.807, 2.05) is 36.4 Å². The zero-order valence-corrected chi connectivity index (χ0v) is 30.2. The Morgan fingerprint density at radius 1 is 0.841 bits per heavy atom. The van der Waals surface area contributed by atoms with E-state index < -0.39 is 0 Å². The maximum absolute atomic E-state index is 13.0. The number of anilines is 1. The van der Waals surface area contributed by atoms with Gasteiger partial charge in [0.15, 0.2) is 30.8 Å². The van der Waals surface area contributed by atoms with Crippen LogP contribution in [0, 0.1) is 6.92 Å². The van der Waals surface area contributed by atoms with Gasteiger partial charge < -0.3 is 31.8 Å². The third kappa shape index (κ3) is 13.7. The summed E-state index contributed by atoms with van der Waals surface area (Å²) in [5, 5.41) is 3.05. The Bertz CT molecular complexity index is 1240. The normalized spacial score (nSPS) is 11.2. The van der Waals surface area contributed by atoms with Crippen LogP contribution in [-0.4, -0.2) is 19.1 Å². The molecule has 3 aromatic rings. The fourth-order valence-electron chi connectivity index (χ4n) is 5.32. The van der Waals surface area contributed by atoms with Crippen molar-refractivity contribution in [1.29, 1.82) is 0 Å². The average molecular weight is 688 g/mol. The molecular formula is C37H55BrN2O3S. The van der Waals surface area contributed by atoms with Crippen molar-refractivity contribution in [1.82, 2.24) is 0 Å². The van der Waals surface area contributed by atoms with Crippen LogP contribution in [0.15, 0.2) is 54.2 Å². The van der Waals surface area contributed by atoms with Gasteiger partial charge in [0.25, 0.3) is 5.91 Å². The van der Waals surface area contributed by atoms with Crippen LogP contribution >= 0.6 is 11.3 Å². The molecule has 0 spiro atoms. The second-order valence-electron chi connectivity index (χ2n) is 12.7. The molecule has 0 fully saturated rings. The number of unbranched alkanes of at least 4 members (excludes halogenated alkanes) is 11. The van der Waals surface area contributed by atoms with E-state index in [4.69, 9.17) is 9.47 Å². The lowest BCUT2D eigenvalue weighted by Gasteiger charge is -2.24. The minimum atomic E-state index is -0.188. The minimum Gasteiger partial charge on any atom is -1.00 e. The zero-order valence-electron chi connectivity index (χ0n) is 27.8. The summed E-state index contributed by atoms with van der Waals surface area (Å²) < 4.78 is 14.6. The second kappa shape index (κ2) is 20.6. The Morgan fingerprint density at radius 3 is 2.09 bits per heavy atom. The van der Waals surface area contributed by atoms with Crippen molar-refractivity contribution >= 4 is 22.9 Å². The molecule has 1 amide bonds. The number of nitrogens with zero attached hydrogens (tertiary/aromatic N) is 1. The van der Waals surface area contributed by atoms with Crippen LogP contribution in [-0.2, 0) is 16.8 Å². The Labute approximate surface area is 281 Å². The van der Waals surface area contributed by atoms with Gasteiger partial charge >= 0.3 is 0 Å². The number of aryl methyl sites for hydroxylation is 1. The molecule has 0 unspecified atom stereocenters. The van der Waals surface area contributed by atoms with Crippen LogP contribution in [0.2, 0.25) is 0 Å². The molecule has 0 atom stereocenters. The molecule has 1 aromatic heterocycles. The van der Waals surface area contributed by atoms with Crippen molar-refractivity contribution in [3.05, 3.63) is 70.2 Å². The Morgan fingerprint density at radius 2 is 1.48 bits per heavy atom. The molecule has 244 valence electrons. The van der Waals surface area contributed by atoms with Gasteiger partial charge in [-0.3, -0.25) is 4.79 Å². The summed E-state index contributed by atoms with van der Waals surface area (Å²) in [6.45, 7) is 12.2. The molecule has 0 radical (unpaired) electrons. The summed E-state index contributed by atoms with van der Waals surface area (Å²) in [6, 6.07) is 13.9. The molecule has 0 saturated carbocycles. The number of carbonyl (C=O) groups is 1. The highest BCUT2D eigenvalue weighted by atomic mass is 79.9. The van der Waals surface area contributed by atoms with Crippen molar-refractivity contribution in [2.75, 3.05) is 18.5 Å². The standard InChI is InChI=1S/C37H54N2O3S.BrH/c1-6-7-8-9-10-11-12-13-14-15-16-19-25-41-36-32(37(3,4)5)22-20-24-34(36)42-28-35(40)38-33-23-18-17-21-31(33)27-39-26-30(2)43-29-39;/h17-18,20-24,26,29H,6-16,19,25,27-28H2,1-5H3;1H. The van der Waals surface area contributed by atoms with E-state index in [-0.39, 0.29) is 34.9 Å². The summed E-state index contributed by atoms with van der Waals surface area (Å²) in [5.74, 6) is 1.20. The maximum Gasteiger partial charge on any atom is 0.262 e. The number of amides is 1. The van der Waals surface area contributed by atoms with E-state index in [1.54, 1.807) is 11.3 Å². The molecule has 0 aliphatic carbocycles. The number of thiazole rings is 1. The Kier molecular flexibility index (Phi) is 17.7. The molecule has 44 heavy (non-hydrogen) atoms. The maximum atomic E-state index is 13.0. The molecule has 0 saturated heterocycles. The van der Waals surface area contributed by atoms with Crippen LogP contribution in [0.5, 0.6) is 11.5 Å². The van der Waals surface area contributed by atoms with Crippen LogP contribution in [0.3, 0.4) is 0 Å². The fourth-order valence-corrected chi connectivity index (χ4v) is 5.95. The predicted octanol–water partition coefficient (Wildman–Crippen LogP) is 6.79. The number of para-hydroxylation sites is 2. The number of carbonyl (C=O) groups excluding carboxylic acids is 1. The molecular weight excluding hydrogens is 632 g/mol. The number of rotatable bonds is 20. The number of benzene rings is 2. The number of halogens is 1. The van der Waals surface area contributed by atoms with E-state index in [1.165, 1.54) is 75.5 Å². The van der Waals surface area contributed by atoms with Crippen LogP contribution in [0.1, 0.15) is 121 Å². The Balaban J connectivity index is 0.00000675. The molecule has 1 N–H and O–H groups in total. The van der Waals surface area contributed by atoms with Gasteiger partial charge in [0.05, 0.1) is 17.2 Å². The van der Waals surface area contributed by atoms with Gasteiger partial charge in [0.2, 0.25) is 5.51 Å². The third-order valence-corrected chi connectivity index (χ3v) is 8.61. The number of aromatic nitrogens is 1. The highest BCUT2D eigenvalue weighted by molar-refractivity contribution is 7.09. The quantitative estimate of drug-likeness (QED) is 0.105. The highest BCUT2D eigenvalue weighted by Gasteiger charge is 2.23. The van der Waals surface area contributed by atoms with Crippen LogP contribution in [0.4, 0.5) is 5.69 Å². The summed E-state index contributed by atoms with van der Waals surface area (Å²) in [4.78, 5) is 14.2. The highest BCUT2D eigenvalue weighted by Crippen LogP contribution is 2.38. The average Bonchev–Trinajstić information content (AvgIpc) is 3.39. The van der Waals surface area contributed by atoms with E-state index in [9.17, 15) is 4.79 Å². The molecule has 1 heterocycles. The molecule has 0 bridgehead atoms. The van der Waals surface area contributed by atoms with Crippen LogP contribution < -0.4 is 36.3 Å². The van der Waals surface area contributed by atoms with E-state index in [0.29, 0.717) is 18.9 Å². The first-order valence-corrected chi connectivity index (χ1v) is 17.4. The first kappa shape index (κ1) is 37.8. The summed E-state index contributed by atoms with van der Waals surface area (Å²) in [7, 11) is 0. The second-order valence-corrected chi connectivity index (χ2v) is 13.8. The van der Waals surface area contributed by atoms with Gasteiger partial charge in [0, 0.05) is 11.1 Å². The third-order valence-electron chi connectivity index (χ3n) is 7.76.